The maximum absolute atomic E-state index is 11.5. The van der Waals surface area contributed by atoms with Crippen molar-refractivity contribution in [1.29, 1.82) is 0 Å². The molecule has 0 radical (unpaired) electrons. The lowest BCUT2D eigenvalue weighted by Crippen LogP contribution is -2.41. The van der Waals surface area contributed by atoms with Crippen LogP contribution in [-0.2, 0) is 20.6 Å². The van der Waals surface area contributed by atoms with Gasteiger partial charge >= 0.3 is 20.0 Å². The summed E-state index contributed by atoms with van der Waals surface area (Å²) in [6.07, 6.45) is -0.676. The zero-order valence-electron chi connectivity index (χ0n) is 10.9. The molecule has 3 unspecified atom stereocenters. The highest BCUT2D eigenvalue weighted by molar-refractivity contribution is 7.39. The molecular weight excluding hydrogens is 283 g/mol. The minimum Gasteiger partial charge on any atom is -0.481 e. The number of carboxylic acids is 2. The van der Waals surface area contributed by atoms with Gasteiger partial charge in [-0.3, -0.25) is 9.59 Å². The number of carbonyl (C=O) groups is 2. The zero-order chi connectivity index (χ0) is 15.3. The summed E-state index contributed by atoms with van der Waals surface area (Å²) in [5.74, 6) is -2.59. The van der Waals surface area contributed by atoms with Gasteiger partial charge in [0, 0.05) is 0 Å². The zero-order valence-corrected chi connectivity index (χ0v) is 11.8. The van der Waals surface area contributed by atoms with Crippen molar-refractivity contribution >= 4 is 20.0 Å². The second-order valence-electron chi connectivity index (χ2n) is 4.80. The summed E-state index contributed by atoms with van der Waals surface area (Å²) in [6.45, 7) is 1.30. The molecule has 0 aliphatic carbocycles. The lowest BCUT2D eigenvalue weighted by Gasteiger charge is -2.25. The topological polar surface area (TPSA) is 112 Å². The number of rotatable bonds is 7. The first kappa shape index (κ1) is 16.3. The van der Waals surface area contributed by atoms with E-state index in [1.807, 2.05) is 0 Å². The van der Waals surface area contributed by atoms with E-state index in [2.05, 4.69) is 0 Å². The van der Waals surface area contributed by atoms with Crippen LogP contribution in [0, 0.1) is 5.41 Å². The van der Waals surface area contributed by atoms with Gasteiger partial charge in [0.05, 0.1) is 6.42 Å². The first-order valence-electron chi connectivity index (χ1n) is 5.91. The van der Waals surface area contributed by atoms with Gasteiger partial charge < -0.3 is 10.2 Å². The standard InChI is InChI=1S/C13H15O6P/c1-13(12(16)17,8-9-5-3-2-4-6-9)10(20(18)19)7-11(14)15/h2-6,10H,7-8H2,1H3,(H2-,14,15,16,17,18,19)/p+1. The number of aliphatic carboxylic acids is 2. The van der Waals surface area contributed by atoms with E-state index in [4.69, 9.17) is 5.11 Å². The molecule has 0 saturated carbocycles. The van der Waals surface area contributed by atoms with Crippen molar-refractivity contribution in [3.8, 4) is 0 Å². The summed E-state index contributed by atoms with van der Waals surface area (Å²) in [4.78, 5) is 31.6. The van der Waals surface area contributed by atoms with Crippen LogP contribution in [0.15, 0.2) is 30.3 Å². The number of hydrogen-bond acceptors (Lipinski definition) is 3. The normalized spacial score (nSPS) is 16.0. The molecule has 0 saturated heterocycles. The molecule has 0 fully saturated rings. The van der Waals surface area contributed by atoms with Gasteiger partial charge in [0.15, 0.2) is 0 Å². The van der Waals surface area contributed by atoms with Crippen molar-refractivity contribution in [3.05, 3.63) is 35.9 Å². The second-order valence-corrected chi connectivity index (χ2v) is 6.03. The Morgan fingerprint density at radius 2 is 1.80 bits per heavy atom. The van der Waals surface area contributed by atoms with Gasteiger partial charge in [-0.1, -0.05) is 30.3 Å². The average molecular weight is 299 g/mol. The van der Waals surface area contributed by atoms with Crippen molar-refractivity contribution in [1.82, 2.24) is 0 Å². The van der Waals surface area contributed by atoms with Gasteiger partial charge in [-0.25, -0.2) is 0 Å². The van der Waals surface area contributed by atoms with Crippen LogP contribution in [0.25, 0.3) is 0 Å². The molecular formula is C13H16O6P+. The largest absolute Gasteiger partial charge is 0.510 e. The van der Waals surface area contributed by atoms with Gasteiger partial charge in [-0.2, -0.15) is 4.89 Å². The predicted molar refractivity (Wildman–Crippen MR) is 71.8 cm³/mol. The third-order valence-electron chi connectivity index (χ3n) is 3.27. The Hall–Kier alpha value is -1.78. The highest BCUT2D eigenvalue weighted by Crippen LogP contribution is 2.42. The van der Waals surface area contributed by atoms with Crippen molar-refractivity contribution in [3.63, 3.8) is 0 Å². The summed E-state index contributed by atoms with van der Waals surface area (Å²) in [6, 6.07) is 8.61. The third-order valence-corrected chi connectivity index (χ3v) is 4.56. The number of hydrogen-bond donors (Lipinski definition) is 3. The van der Waals surface area contributed by atoms with Gasteiger partial charge in [0.25, 0.3) is 0 Å². The van der Waals surface area contributed by atoms with Gasteiger partial charge in [-0.15, -0.1) is 0 Å². The van der Waals surface area contributed by atoms with Crippen LogP contribution in [0.5, 0.6) is 0 Å². The highest BCUT2D eigenvalue weighted by atomic mass is 31.1. The lowest BCUT2D eigenvalue weighted by molar-refractivity contribution is -0.149. The maximum Gasteiger partial charge on any atom is 0.510 e. The molecule has 0 amide bonds. The van der Waals surface area contributed by atoms with Crippen molar-refractivity contribution < 1.29 is 29.3 Å². The molecule has 3 atom stereocenters. The molecule has 1 aromatic carbocycles. The molecule has 0 heterocycles. The molecule has 7 heteroatoms. The number of benzene rings is 1. The molecule has 3 N–H and O–H groups in total. The molecule has 1 rings (SSSR count). The minimum absolute atomic E-state index is 0.0112. The highest BCUT2D eigenvalue weighted by Gasteiger charge is 2.53. The Morgan fingerprint density at radius 3 is 2.20 bits per heavy atom. The van der Waals surface area contributed by atoms with Gasteiger partial charge in [-0.05, 0) is 23.5 Å². The summed E-state index contributed by atoms with van der Waals surface area (Å²) < 4.78 is 11.4. The Kier molecular flexibility index (Phi) is 5.36. The Labute approximate surface area is 116 Å². The quantitative estimate of drug-likeness (QED) is 0.663. The average Bonchev–Trinajstić information content (AvgIpc) is 2.36. The van der Waals surface area contributed by atoms with Crippen LogP contribution in [0.2, 0.25) is 0 Å². The van der Waals surface area contributed by atoms with Gasteiger partial charge in [0.2, 0.25) is 5.66 Å². The van der Waals surface area contributed by atoms with E-state index in [-0.39, 0.29) is 6.42 Å². The number of carboxylic acid groups (broad SMARTS) is 2. The molecule has 6 nitrogen and oxygen atoms in total. The second kappa shape index (κ2) is 6.59. The Balaban J connectivity index is 3.14. The minimum atomic E-state index is -2.92. The van der Waals surface area contributed by atoms with Crippen molar-refractivity contribution in [2.75, 3.05) is 0 Å². The van der Waals surface area contributed by atoms with Crippen LogP contribution >= 0.6 is 8.03 Å². The van der Waals surface area contributed by atoms with E-state index in [1.54, 1.807) is 30.3 Å². The summed E-state index contributed by atoms with van der Waals surface area (Å²) in [5, 5.41) is 18.2. The lowest BCUT2D eigenvalue weighted by atomic mass is 9.79. The Bertz CT molecular complexity index is 515. The molecule has 0 spiro atoms. The van der Waals surface area contributed by atoms with Crippen LogP contribution in [0.3, 0.4) is 0 Å². The molecule has 108 valence electrons. The van der Waals surface area contributed by atoms with E-state index >= 15 is 0 Å². The van der Waals surface area contributed by atoms with Crippen LogP contribution in [-0.4, -0.2) is 32.7 Å². The Morgan fingerprint density at radius 1 is 1.25 bits per heavy atom. The van der Waals surface area contributed by atoms with E-state index in [1.165, 1.54) is 6.92 Å². The van der Waals surface area contributed by atoms with Gasteiger partial charge in [0.1, 0.15) is 5.41 Å². The fourth-order valence-corrected chi connectivity index (χ4v) is 3.07. The summed E-state index contributed by atoms with van der Waals surface area (Å²) in [7, 11) is -2.92. The van der Waals surface area contributed by atoms with E-state index in [9.17, 15) is 24.2 Å². The molecule has 20 heavy (non-hydrogen) atoms. The van der Waals surface area contributed by atoms with E-state index in [0.29, 0.717) is 5.56 Å². The van der Waals surface area contributed by atoms with Crippen LogP contribution < -0.4 is 0 Å². The van der Waals surface area contributed by atoms with Crippen LogP contribution in [0.1, 0.15) is 18.9 Å². The first-order chi connectivity index (χ1) is 9.27. The smallest absolute Gasteiger partial charge is 0.481 e. The predicted octanol–water partition coefficient (Wildman–Crippen LogP) is 1.90. The molecule has 0 aromatic heterocycles. The van der Waals surface area contributed by atoms with E-state index in [0.717, 1.165) is 0 Å². The molecule has 0 bridgehead atoms. The molecule has 0 aliphatic heterocycles. The fourth-order valence-electron chi connectivity index (χ4n) is 2.07. The monoisotopic (exact) mass is 299 g/mol. The van der Waals surface area contributed by atoms with Crippen molar-refractivity contribution in [2.24, 2.45) is 5.41 Å². The summed E-state index contributed by atoms with van der Waals surface area (Å²) >= 11 is 0. The van der Waals surface area contributed by atoms with Crippen molar-refractivity contribution in [2.45, 2.75) is 25.4 Å². The van der Waals surface area contributed by atoms with Crippen LogP contribution in [0.4, 0.5) is 0 Å². The maximum atomic E-state index is 11.5. The first-order valence-corrected chi connectivity index (χ1v) is 7.20. The SMILES string of the molecule is CC(Cc1ccccc1)(C(=O)O)C(CC(=O)O)[P+](=O)O. The summed E-state index contributed by atoms with van der Waals surface area (Å²) in [5.41, 5.74) is -2.31. The third kappa shape index (κ3) is 3.85. The molecule has 0 aliphatic rings. The fraction of sp³-hybridized carbons (Fsp3) is 0.385. The van der Waals surface area contributed by atoms with E-state index < -0.39 is 37.5 Å². The molecule has 1 aromatic rings.